The molecule has 0 saturated carbocycles. The lowest BCUT2D eigenvalue weighted by atomic mass is 10.3. The van der Waals surface area contributed by atoms with Crippen molar-refractivity contribution < 1.29 is 31.1 Å². The first-order valence-corrected chi connectivity index (χ1v) is 8.43. The Balaban J connectivity index is 3.18. The van der Waals surface area contributed by atoms with Crippen LogP contribution >= 0.6 is 15.9 Å². The molecule has 0 aromatic heterocycles. The van der Waals surface area contributed by atoms with Crippen LogP contribution in [0.1, 0.15) is 13.3 Å². The fraction of sp³-hybridized carbons (Fsp3) is 0.500. The average molecular weight is 406 g/mol. The fourth-order valence-corrected chi connectivity index (χ4v) is 3.38. The van der Waals surface area contributed by atoms with Crippen molar-refractivity contribution >= 4 is 26.0 Å². The first-order chi connectivity index (χ1) is 10.1. The molecule has 0 bridgehead atoms. The van der Waals surface area contributed by atoms with E-state index in [4.69, 9.17) is 4.74 Å². The summed E-state index contributed by atoms with van der Waals surface area (Å²) >= 11 is 2.98. The Kier molecular flexibility index (Phi) is 6.65. The van der Waals surface area contributed by atoms with E-state index in [9.17, 15) is 21.6 Å². The molecule has 0 spiro atoms. The number of ether oxygens (including phenoxy) is 2. The fourth-order valence-electron chi connectivity index (χ4n) is 1.63. The molecule has 10 heteroatoms. The van der Waals surface area contributed by atoms with E-state index in [1.807, 2.05) is 0 Å². The number of benzene rings is 1. The summed E-state index contributed by atoms with van der Waals surface area (Å²) in [6, 6.07) is 2.74. The monoisotopic (exact) mass is 405 g/mol. The summed E-state index contributed by atoms with van der Waals surface area (Å²) in [5.74, 6) is -0.804. The van der Waals surface area contributed by atoms with Crippen LogP contribution in [0.3, 0.4) is 0 Å². The highest BCUT2D eigenvalue weighted by atomic mass is 79.9. The van der Waals surface area contributed by atoms with Gasteiger partial charge < -0.3 is 9.47 Å². The molecule has 0 heterocycles. The zero-order chi connectivity index (χ0) is 17.0. The first kappa shape index (κ1) is 19.2. The Bertz CT molecular complexity index is 607. The molecule has 0 amide bonds. The summed E-state index contributed by atoms with van der Waals surface area (Å²) in [4.78, 5) is -0.595. The maximum Gasteiger partial charge on any atom is 0.573 e. The predicted molar refractivity (Wildman–Crippen MR) is 77.1 cm³/mol. The van der Waals surface area contributed by atoms with Crippen LogP contribution in [0, 0.1) is 0 Å². The molecular weight excluding hydrogens is 391 g/mol. The van der Waals surface area contributed by atoms with E-state index < -0.39 is 33.1 Å². The molecule has 1 N–H and O–H groups in total. The molecule has 1 aromatic carbocycles. The number of hydrogen-bond donors (Lipinski definition) is 1. The van der Waals surface area contributed by atoms with Crippen molar-refractivity contribution in [3.8, 4) is 5.75 Å². The molecule has 1 atom stereocenters. The zero-order valence-corrected chi connectivity index (χ0v) is 14.2. The van der Waals surface area contributed by atoms with E-state index in [1.54, 1.807) is 6.92 Å². The molecule has 22 heavy (non-hydrogen) atoms. The van der Waals surface area contributed by atoms with Crippen LogP contribution < -0.4 is 9.46 Å². The Hall–Kier alpha value is -0.840. The highest BCUT2D eigenvalue weighted by Crippen LogP contribution is 2.32. The van der Waals surface area contributed by atoms with Crippen molar-refractivity contribution in [2.75, 3.05) is 13.7 Å². The molecule has 0 fully saturated rings. The van der Waals surface area contributed by atoms with Crippen molar-refractivity contribution in [3.05, 3.63) is 22.7 Å². The van der Waals surface area contributed by atoms with Crippen LogP contribution in [0.15, 0.2) is 27.6 Å². The van der Waals surface area contributed by atoms with Gasteiger partial charge >= 0.3 is 6.36 Å². The number of hydrogen-bond acceptors (Lipinski definition) is 4. The lowest BCUT2D eigenvalue weighted by Crippen LogP contribution is -2.37. The topological polar surface area (TPSA) is 64.6 Å². The van der Waals surface area contributed by atoms with Gasteiger partial charge in [0.15, 0.2) is 5.75 Å². The summed E-state index contributed by atoms with van der Waals surface area (Å²) in [5.41, 5.74) is 0. The number of nitrogens with one attached hydrogen (secondary N) is 1. The minimum absolute atomic E-state index is 0.0989. The van der Waals surface area contributed by atoms with Crippen molar-refractivity contribution in [2.45, 2.75) is 30.6 Å². The van der Waals surface area contributed by atoms with E-state index in [-0.39, 0.29) is 11.1 Å². The Labute approximate surface area is 135 Å². The van der Waals surface area contributed by atoms with Gasteiger partial charge in [0.1, 0.15) is 4.90 Å². The van der Waals surface area contributed by atoms with Crippen LogP contribution in [0.4, 0.5) is 13.2 Å². The largest absolute Gasteiger partial charge is 0.573 e. The van der Waals surface area contributed by atoms with Crippen molar-refractivity contribution in [2.24, 2.45) is 0 Å². The molecule has 0 saturated heterocycles. The van der Waals surface area contributed by atoms with Crippen molar-refractivity contribution in [1.82, 2.24) is 4.72 Å². The van der Waals surface area contributed by atoms with Crippen LogP contribution in [0.25, 0.3) is 0 Å². The minimum atomic E-state index is -5.00. The summed E-state index contributed by atoms with van der Waals surface area (Å²) in [5, 5.41) is 0. The van der Waals surface area contributed by atoms with Gasteiger partial charge in [-0.25, -0.2) is 13.1 Å². The van der Waals surface area contributed by atoms with E-state index in [2.05, 4.69) is 25.4 Å². The number of alkyl halides is 3. The Morgan fingerprint density at radius 3 is 2.50 bits per heavy atom. The zero-order valence-electron chi connectivity index (χ0n) is 11.8. The molecule has 0 radical (unpaired) electrons. The van der Waals surface area contributed by atoms with Crippen LogP contribution in [0.2, 0.25) is 0 Å². The first-order valence-electron chi connectivity index (χ1n) is 6.15. The lowest BCUT2D eigenvalue weighted by Gasteiger charge is -2.18. The van der Waals surface area contributed by atoms with Gasteiger partial charge in [-0.3, -0.25) is 0 Å². The SMILES string of the molecule is CCC(COC)NS(=O)(=O)c1ccc(Br)cc1OC(F)(F)F. The second-order valence-electron chi connectivity index (χ2n) is 4.32. The summed E-state index contributed by atoms with van der Waals surface area (Å²) < 4.78 is 73.0. The van der Waals surface area contributed by atoms with Crippen molar-refractivity contribution in [1.29, 1.82) is 0 Å². The van der Waals surface area contributed by atoms with Gasteiger partial charge in [-0.05, 0) is 24.6 Å². The standard InChI is InChI=1S/C12H15BrF3NO4S/c1-3-9(7-20-2)17-22(18,19)11-5-4-8(13)6-10(11)21-12(14,15)16/h4-6,9,17H,3,7H2,1-2H3. The Morgan fingerprint density at radius 2 is 2.00 bits per heavy atom. The third-order valence-corrected chi connectivity index (χ3v) is 4.66. The van der Waals surface area contributed by atoms with E-state index in [1.165, 1.54) is 13.2 Å². The van der Waals surface area contributed by atoms with Gasteiger partial charge in [-0.15, -0.1) is 13.2 Å². The third-order valence-electron chi connectivity index (χ3n) is 2.60. The van der Waals surface area contributed by atoms with Gasteiger partial charge in [0.05, 0.1) is 6.61 Å². The van der Waals surface area contributed by atoms with Crippen LogP contribution in [-0.2, 0) is 14.8 Å². The van der Waals surface area contributed by atoms with Gasteiger partial charge in [-0.2, -0.15) is 0 Å². The van der Waals surface area contributed by atoms with Crippen LogP contribution in [-0.4, -0.2) is 34.5 Å². The minimum Gasteiger partial charge on any atom is -0.404 e. The lowest BCUT2D eigenvalue weighted by molar-refractivity contribution is -0.275. The molecule has 126 valence electrons. The maximum absolute atomic E-state index is 12.4. The highest BCUT2D eigenvalue weighted by Gasteiger charge is 2.34. The van der Waals surface area contributed by atoms with Crippen LogP contribution in [0.5, 0.6) is 5.75 Å². The quantitative estimate of drug-likeness (QED) is 0.756. The maximum atomic E-state index is 12.4. The molecular formula is C12H15BrF3NO4S. The number of sulfonamides is 1. The molecule has 1 unspecified atom stereocenters. The average Bonchev–Trinajstić information content (AvgIpc) is 2.35. The van der Waals surface area contributed by atoms with E-state index in [0.717, 1.165) is 12.1 Å². The second-order valence-corrected chi connectivity index (χ2v) is 6.92. The van der Waals surface area contributed by atoms with Crippen molar-refractivity contribution in [3.63, 3.8) is 0 Å². The van der Waals surface area contributed by atoms with Gasteiger partial charge in [-0.1, -0.05) is 22.9 Å². The van der Waals surface area contributed by atoms with Gasteiger partial charge in [0.2, 0.25) is 10.0 Å². The number of methoxy groups -OCH3 is 1. The van der Waals surface area contributed by atoms with E-state index >= 15 is 0 Å². The normalized spacial score (nSPS) is 13.9. The van der Waals surface area contributed by atoms with Gasteiger partial charge in [0, 0.05) is 17.6 Å². The summed E-state index contributed by atoms with van der Waals surface area (Å²) in [7, 11) is -2.79. The van der Waals surface area contributed by atoms with Gasteiger partial charge in [0.25, 0.3) is 0 Å². The third kappa shape index (κ3) is 5.75. The second kappa shape index (κ2) is 7.62. The molecule has 1 aromatic rings. The number of halogens is 4. The van der Waals surface area contributed by atoms with E-state index in [0.29, 0.717) is 6.42 Å². The molecule has 0 aliphatic rings. The highest BCUT2D eigenvalue weighted by molar-refractivity contribution is 9.10. The summed E-state index contributed by atoms with van der Waals surface area (Å²) in [6.45, 7) is 1.82. The molecule has 0 aliphatic heterocycles. The molecule has 0 aliphatic carbocycles. The number of rotatable bonds is 7. The Morgan fingerprint density at radius 1 is 1.36 bits per heavy atom. The molecule has 5 nitrogen and oxygen atoms in total. The smallest absolute Gasteiger partial charge is 0.404 e. The summed E-state index contributed by atoms with van der Waals surface area (Å²) in [6.07, 6.45) is -4.58. The molecule has 1 rings (SSSR count). The predicted octanol–water partition coefficient (Wildman–Crippen LogP) is 3.05.